The summed E-state index contributed by atoms with van der Waals surface area (Å²) < 4.78 is 0. The smallest absolute Gasteiger partial charge is 0.0608 e. The molecule has 1 N–H and O–H groups in total. The summed E-state index contributed by atoms with van der Waals surface area (Å²) in [5, 5.41) is 4.80. The summed E-state index contributed by atoms with van der Waals surface area (Å²) in [6.07, 6.45) is 6.73. The molecule has 1 aliphatic carbocycles. The van der Waals surface area contributed by atoms with Gasteiger partial charge in [-0.05, 0) is 51.7 Å². The maximum absolute atomic E-state index is 3.71. The summed E-state index contributed by atoms with van der Waals surface area (Å²) in [5.41, 5.74) is 9.09. The zero-order chi connectivity index (χ0) is 16.7. The van der Waals surface area contributed by atoms with Gasteiger partial charge in [-0.15, -0.1) is 0 Å². The highest BCUT2D eigenvalue weighted by Crippen LogP contribution is 2.34. The van der Waals surface area contributed by atoms with Crippen LogP contribution in [0.3, 0.4) is 0 Å². The number of nitrogens with one attached hydrogen (secondary N) is 1. The van der Waals surface area contributed by atoms with E-state index in [4.69, 9.17) is 0 Å². The van der Waals surface area contributed by atoms with Crippen LogP contribution in [-0.4, -0.2) is 23.1 Å². The molecule has 1 aromatic carbocycles. The van der Waals surface area contributed by atoms with Crippen LogP contribution in [0.15, 0.2) is 42.0 Å². The summed E-state index contributed by atoms with van der Waals surface area (Å²) in [6.45, 7) is 13.6. The van der Waals surface area contributed by atoms with Crippen LogP contribution >= 0.6 is 0 Å². The maximum Gasteiger partial charge on any atom is 0.0608 e. The number of hydrogen-bond donors (Lipinski definition) is 1. The van der Waals surface area contributed by atoms with E-state index in [1.54, 1.807) is 0 Å². The van der Waals surface area contributed by atoms with Gasteiger partial charge in [0.15, 0.2) is 0 Å². The quantitative estimate of drug-likeness (QED) is 0.885. The van der Waals surface area contributed by atoms with Crippen LogP contribution in [0, 0.1) is 19.8 Å². The first kappa shape index (κ1) is 16.3. The molecule has 0 spiro atoms. The van der Waals surface area contributed by atoms with Gasteiger partial charge in [0, 0.05) is 6.04 Å². The lowest BCUT2D eigenvalue weighted by molar-refractivity contribution is 0.121. The number of anilines is 1. The predicted octanol–water partition coefficient (Wildman–Crippen LogP) is 4.14. The van der Waals surface area contributed by atoms with Gasteiger partial charge in [-0.3, -0.25) is 5.01 Å². The van der Waals surface area contributed by atoms with Gasteiger partial charge in [-0.1, -0.05) is 48.9 Å². The molecule has 4 atom stereocenters. The van der Waals surface area contributed by atoms with Crippen LogP contribution in [0.5, 0.6) is 0 Å². The molecule has 1 aromatic rings. The van der Waals surface area contributed by atoms with Crippen molar-refractivity contribution in [3.8, 4) is 0 Å². The number of para-hydroxylation sites is 1. The fraction of sp³-hybridized carbons (Fsp3) is 0.500. The van der Waals surface area contributed by atoms with Gasteiger partial charge in [0.2, 0.25) is 0 Å². The zero-order valence-corrected chi connectivity index (χ0v) is 15.2. The molecule has 3 rings (SSSR count). The van der Waals surface area contributed by atoms with Crippen LogP contribution in [0.1, 0.15) is 38.8 Å². The fourth-order valence-electron chi connectivity index (χ4n) is 3.98. The molecular formula is C20H29N3. The monoisotopic (exact) mass is 311 g/mol. The zero-order valence-electron chi connectivity index (χ0n) is 15.2. The molecular weight excluding hydrogens is 282 g/mol. The SMILES string of the molecule is CC1=CC=CC(C)C1N1NN(c2c(C)cccc2C)C(C)C1C. The summed E-state index contributed by atoms with van der Waals surface area (Å²) in [4.78, 5) is 0. The highest BCUT2D eigenvalue weighted by molar-refractivity contribution is 5.59. The third-order valence-electron chi connectivity index (χ3n) is 5.49. The molecule has 124 valence electrons. The highest BCUT2D eigenvalue weighted by Gasteiger charge is 2.41. The Morgan fingerprint density at radius 1 is 0.957 bits per heavy atom. The van der Waals surface area contributed by atoms with E-state index >= 15 is 0 Å². The average molecular weight is 311 g/mol. The highest BCUT2D eigenvalue weighted by atomic mass is 15.8. The first-order valence-corrected chi connectivity index (χ1v) is 8.67. The lowest BCUT2D eigenvalue weighted by Gasteiger charge is -2.36. The second-order valence-electron chi connectivity index (χ2n) is 7.20. The van der Waals surface area contributed by atoms with Gasteiger partial charge in [0.25, 0.3) is 0 Å². The Labute approximate surface area is 140 Å². The molecule has 3 heteroatoms. The molecule has 1 heterocycles. The van der Waals surface area contributed by atoms with Crippen molar-refractivity contribution in [3.63, 3.8) is 0 Å². The lowest BCUT2D eigenvalue weighted by Crippen LogP contribution is -2.51. The van der Waals surface area contributed by atoms with Gasteiger partial charge < -0.3 is 0 Å². The van der Waals surface area contributed by atoms with E-state index in [0.717, 1.165) is 0 Å². The van der Waals surface area contributed by atoms with Gasteiger partial charge in [-0.2, -0.15) is 5.53 Å². The Balaban J connectivity index is 1.93. The minimum atomic E-state index is 0.409. The third kappa shape index (κ3) is 2.73. The van der Waals surface area contributed by atoms with E-state index in [1.165, 1.54) is 22.4 Å². The third-order valence-corrected chi connectivity index (χ3v) is 5.49. The van der Waals surface area contributed by atoms with Crippen molar-refractivity contribution in [3.05, 3.63) is 53.1 Å². The van der Waals surface area contributed by atoms with E-state index in [1.807, 2.05) is 0 Å². The number of benzene rings is 1. The number of hydrazine groups is 2. The van der Waals surface area contributed by atoms with Crippen molar-refractivity contribution in [1.29, 1.82) is 0 Å². The van der Waals surface area contributed by atoms with E-state index < -0.39 is 0 Å². The number of aryl methyl sites for hydroxylation is 2. The van der Waals surface area contributed by atoms with Crippen molar-refractivity contribution < 1.29 is 0 Å². The lowest BCUT2D eigenvalue weighted by atomic mass is 9.89. The molecule has 1 fully saturated rings. The second kappa shape index (κ2) is 6.14. The Kier molecular flexibility index (Phi) is 4.35. The van der Waals surface area contributed by atoms with E-state index in [2.05, 4.69) is 93.5 Å². The maximum atomic E-state index is 3.71. The fourth-order valence-corrected chi connectivity index (χ4v) is 3.98. The minimum absolute atomic E-state index is 0.409. The first-order chi connectivity index (χ1) is 10.9. The van der Waals surface area contributed by atoms with Crippen molar-refractivity contribution in [2.45, 2.75) is 59.7 Å². The standard InChI is InChI=1S/C20H29N3/c1-13-9-7-10-14(2)19(13)22-17(5)18(6)23(21-22)20-15(3)11-8-12-16(20)4/h7-13,17-19,21H,1-6H3. The molecule has 0 saturated carbocycles. The van der Waals surface area contributed by atoms with Gasteiger partial charge in [-0.25, -0.2) is 5.01 Å². The van der Waals surface area contributed by atoms with Gasteiger partial charge in [0.05, 0.1) is 17.8 Å². The minimum Gasteiger partial charge on any atom is -0.290 e. The van der Waals surface area contributed by atoms with Crippen LogP contribution in [0.25, 0.3) is 0 Å². The van der Waals surface area contributed by atoms with Crippen LogP contribution in [0.4, 0.5) is 5.69 Å². The van der Waals surface area contributed by atoms with E-state index in [0.29, 0.717) is 24.0 Å². The molecule has 0 aromatic heterocycles. The largest absolute Gasteiger partial charge is 0.290 e. The summed E-state index contributed by atoms with van der Waals surface area (Å²) in [5.74, 6) is 0.514. The molecule has 1 saturated heterocycles. The molecule has 3 nitrogen and oxygen atoms in total. The van der Waals surface area contributed by atoms with Crippen molar-refractivity contribution in [2.75, 3.05) is 5.01 Å². The summed E-state index contributed by atoms with van der Waals surface area (Å²) in [6, 6.07) is 7.79. The second-order valence-corrected chi connectivity index (χ2v) is 7.20. The van der Waals surface area contributed by atoms with Gasteiger partial charge >= 0.3 is 0 Å². The molecule has 2 aliphatic rings. The van der Waals surface area contributed by atoms with Gasteiger partial charge in [0.1, 0.15) is 0 Å². The normalized spacial score (nSPS) is 31.6. The molecule has 4 unspecified atom stereocenters. The topological polar surface area (TPSA) is 18.5 Å². The van der Waals surface area contributed by atoms with Crippen molar-refractivity contribution in [2.24, 2.45) is 5.92 Å². The Hall–Kier alpha value is -1.58. The van der Waals surface area contributed by atoms with Crippen molar-refractivity contribution >= 4 is 5.69 Å². The van der Waals surface area contributed by atoms with E-state index in [-0.39, 0.29) is 0 Å². The average Bonchev–Trinajstić information content (AvgIpc) is 2.76. The number of rotatable bonds is 2. The van der Waals surface area contributed by atoms with Crippen LogP contribution in [-0.2, 0) is 0 Å². The summed E-state index contributed by atoms with van der Waals surface area (Å²) >= 11 is 0. The van der Waals surface area contributed by atoms with Crippen LogP contribution in [0.2, 0.25) is 0 Å². The van der Waals surface area contributed by atoms with Crippen LogP contribution < -0.4 is 10.5 Å². The Bertz CT molecular complexity index is 626. The molecule has 0 radical (unpaired) electrons. The molecule has 1 aliphatic heterocycles. The first-order valence-electron chi connectivity index (χ1n) is 8.67. The molecule has 0 amide bonds. The molecule has 23 heavy (non-hydrogen) atoms. The number of allylic oxidation sites excluding steroid dienone is 2. The Morgan fingerprint density at radius 2 is 1.61 bits per heavy atom. The van der Waals surface area contributed by atoms with Crippen molar-refractivity contribution in [1.82, 2.24) is 10.5 Å². The predicted molar refractivity (Wildman–Crippen MR) is 98.1 cm³/mol. The number of nitrogens with zero attached hydrogens (tertiary/aromatic N) is 2. The molecule has 0 bridgehead atoms. The Morgan fingerprint density at radius 3 is 2.22 bits per heavy atom. The number of hydrogen-bond acceptors (Lipinski definition) is 3. The summed E-state index contributed by atoms with van der Waals surface area (Å²) in [7, 11) is 0. The van der Waals surface area contributed by atoms with E-state index in [9.17, 15) is 0 Å².